The molecule has 0 saturated carbocycles. The summed E-state index contributed by atoms with van der Waals surface area (Å²) in [6.45, 7) is 3.49. The Labute approximate surface area is 159 Å². The van der Waals surface area contributed by atoms with Gasteiger partial charge in [0.1, 0.15) is 11.5 Å². The van der Waals surface area contributed by atoms with Crippen LogP contribution in [0.2, 0.25) is 0 Å². The van der Waals surface area contributed by atoms with Gasteiger partial charge in [-0.3, -0.25) is 14.7 Å². The minimum Gasteiger partial charge on any atom is -0.497 e. The van der Waals surface area contributed by atoms with E-state index >= 15 is 0 Å². The molecule has 6 heteroatoms. The van der Waals surface area contributed by atoms with Crippen molar-refractivity contribution in [1.29, 1.82) is 0 Å². The number of benzene rings is 1. The number of carboxylic acids is 1. The van der Waals surface area contributed by atoms with Crippen LogP contribution < -0.4 is 9.47 Å². The smallest absolute Gasteiger partial charge is 0.306 e. The van der Waals surface area contributed by atoms with Crippen molar-refractivity contribution in [2.75, 3.05) is 27.3 Å². The number of hydrogen-bond donors (Lipinski definition) is 1. The van der Waals surface area contributed by atoms with E-state index in [0.29, 0.717) is 12.8 Å². The molecule has 1 N–H and O–H groups in total. The molecule has 1 saturated heterocycles. The summed E-state index contributed by atoms with van der Waals surface area (Å²) >= 11 is 0. The van der Waals surface area contributed by atoms with Crippen molar-refractivity contribution in [2.45, 2.75) is 25.8 Å². The van der Waals surface area contributed by atoms with Crippen molar-refractivity contribution in [1.82, 2.24) is 9.88 Å². The number of piperidine rings is 1. The number of aromatic nitrogens is 1. The maximum Gasteiger partial charge on any atom is 0.306 e. The molecule has 0 aliphatic carbocycles. The average Bonchev–Trinajstić information content (AvgIpc) is 2.70. The standard InChI is InChI=1S/C21H26N2O4/c1-14-13-22-9-6-17(14)20(23-10-7-15(8-11-23)21(24)25)18-5-4-16(26-2)12-19(18)27-3/h4-6,9,12-13,15,20H,7-8,10-11H2,1-3H3,(H,24,25). The van der Waals surface area contributed by atoms with Crippen LogP contribution in [0.1, 0.15) is 35.6 Å². The molecule has 1 unspecified atom stereocenters. The highest BCUT2D eigenvalue weighted by Crippen LogP contribution is 2.39. The molecule has 0 bridgehead atoms. The molecule has 2 heterocycles. The minimum absolute atomic E-state index is 0.0244. The van der Waals surface area contributed by atoms with Gasteiger partial charge in [-0.05, 0) is 62.2 Å². The number of pyridine rings is 1. The third-order valence-corrected chi connectivity index (χ3v) is 5.34. The Kier molecular flexibility index (Phi) is 5.96. The van der Waals surface area contributed by atoms with Gasteiger partial charge < -0.3 is 14.6 Å². The Morgan fingerprint density at radius 1 is 1.19 bits per heavy atom. The average molecular weight is 370 g/mol. The van der Waals surface area contributed by atoms with Gasteiger partial charge >= 0.3 is 5.97 Å². The highest BCUT2D eigenvalue weighted by Gasteiger charge is 2.32. The first-order chi connectivity index (χ1) is 13.0. The molecule has 1 aliphatic heterocycles. The molecule has 1 aliphatic rings. The lowest BCUT2D eigenvalue weighted by atomic mass is 9.89. The maximum absolute atomic E-state index is 11.3. The molecule has 0 spiro atoms. The molecule has 1 atom stereocenters. The number of hydrogen-bond acceptors (Lipinski definition) is 5. The summed E-state index contributed by atoms with van der Waals surface area (Å²) in [5.74, 6) is 0.535. The first kappa shape index (κ1) is 19.2. The molecular weight excluding hydrogens is 344 g/mol. The van der Waals surface area contributed by atoms with E-state index < -0.39 is 5.97 Å². The quantitative estimate of drug-likeness (QED) is 0.841. The molecular formula is C21H26N2O4. The highest BCUT2D eigenvalue weighted by atomic mass is 16.5. The van der Waals surface area contributed by atoms with E-state index in [2.05, 4.69) is 16.8 Å². The summed E-state index contributed by atoms with van der Waals surface area (Å²) in [4.78, 5) is 17.9. The largest absolute Gasteiger partial charge is 0.497 e. The summed E-state index contributed by atoms with van der Waals surface area (Å²) in [5.41, 5.74) is 3.30. The van der Waals surface area contributed by atoms with Crippen molar-refractivity contribution in [2.24, 2.45) is 5.92 Å². The molecule has 144 valence electrons. The van der Waals surface area contributed by atoms with Crippen molar-refractivity contribution < 1.29 is 19.4 Å². The van der Waals surface area contributed by atoms with Gasteiger partial charge in [-0.2, -0.15) is 0 Å². The Hall–Kier alpha value is -2.60. The van der Waals surface area contributed by atoms with Crippen LogP contribution in [0.5, 0.6) is 11.5 Å². The predicted molar refractivity (Wildman–Crippen MR) is 102 cm³/mol. The molecule has 0 radical (unpaired) electrons. The van der Waals surface area contributed by atoms with Gasteiger partial charge in [0.2, 0.25) is 0 Å². The topological polar surface area (TPSA) is 71.9 Å². The van der Waals surface area contributed by atoms with Gasteiger partial charge in [0, 0.05) is 24.0 Å². The van der Waals surface area contributed by atoms with Gasteiger partial charge in [0.25, 0.3) is 0 Å². The third-order valence-electron chi connectivity index (χ3n) is 5.34. The SMILES string of the molecule is COc1ccc(C(c2ccncc2C)N2CCC(C(=O)O)CC2)c(OC)c1. The molecule has 6 nitrogen and oxygen atoms in total. The Balaban J connectivity index is 2.02. The lowest BCUT2D eigenvalue weighted by molar-refractivity contribution is -0.143. The molecule has 2 aromatic rings. The Bertz CT molecular complexity index is 801. The zero-order chi connectivity index (χ0) is 19.4. The number of carboxylic acid groups (broad SMARTS) is 1. The zero-order valence-electron chi connectivity index (χ0n) is 16.0. The van der Waals surface area contributed by atoms with Crippen LogP contribution in [0.3, 0.4) is 0 Å². The first-order valence-corrected chi connectivity index (χ1v) is 9.14. The fraction of sp³-hybridized carbons (Fsp3) is 0.429. The first-order valence-electron chi connectivity index (χ1n) is 9.14. The lowest BCUT2D eigenvalue weighted by Crippen LogP contribution is -2.39. The van der Waals surface area contributed by atoms with E-state index in [1.54, 1.807) is 20.4 Å². The predicted octanol–water partition coefficient (Wildman–Crippen LogP) is 3.29. The number of methoxy groups -OCH3 is 2. The summed E-state index contributed by atoms with van der Waals surface area (Å²) in [7, 11) is 3.29. The minimum atomic E-state index is -0.701. The summed E-state index contributed by atoms with van der Waals surface area (Å²) in [6.07, 6.45) is 4.96. The molecule has 1 aromatic heterocycles. The van der Waals surface area contributed by atoms with Crippen molar-refractivity contribution >= 4 is 5.97 Å². The number of ether oxygens (including phenoxy) is 2. The fourth-order valence-electron chi connectivity index (χ4n) is 3.80. The second kappa shape index (κ2) is 8.39. The van der Waals surface area contributed by atoms with Crippen molar-refractivity contribution in [3.8, 4) is 11.5 Å². The van der Waals surface area contributed by atoms with Gasteiger partial charge in [-0.1, -0.05) is 0 Å². The van der Waals surface area contributed by atoms with Crippen LogP contribution in [0, 0.1) is 12.8 Å². The monoisotopic (exact) mass is 370 g/mol. The maximum atomic E-state index is 11.3. The second-order valence-corrected chi connectivity index (χ2v) is 6.89. The number of aryl methyl sites for hydroxylation is 1. The van der Waals surface area contributed by atoms with Crippen molar-refractivity contribution in [3.63, 3.8) is 0 Å². The van der Waals surface area contributed by atoms with Crippen LogP contribution in [0.25, 0.3) is 0 Å². The van der Waals surface area contributed by atoms with Gasteiger partial charge in [0.15, 0.2) is 0 Å². The molecule has 1 aromatic carbocycles. The van der Waals surface area contributed by atoms with Crippen LogP contribution in [-0.2, 0) is 4.79 Å². The fourth-order valence-corrected chi connectivity index (χ4v) is 3.80. The third kappa shape index (κ3) is 4.06. The number of rotatable bonds is 6. The number of carbonyl (C=O) groups is 1. The van der Waals surface area contributed by atoms with Crippen LogP contribution in [0.4, 0.5) is 0 Å². The van der Waals surface area contributed by atoms with Gasteiger partial charge in [-0.15, -0.1) is 0 Å². The van der Waals surface area contributed by atoms with E-state index in [-0.39, 0.29) is 12.0 Å². The van der Waals surface area contributed by atoms with Gasteiger partial charge in [0.05, 0.1) is 26.2 Å². The number of aliphatic carboxylic acids is 1. The highest BCUT2D eigenvalue weighted by molar-refractivity contribution is 5.70. The second-order valence-electron chi connectivity index (χ2n) is 6.89. The van der Waals surface area contributed by atoms with Crippen LogP contribution >= 0.6 is 0 Å². The summed E-state index contributed by atoms with van der Waals surface area (Å²) < 4.78 is 11.0. The van der Waals surface area contributed by atoms with E-state index in [4.69, 9.17) is 9.47 Å². The van der Waals surface area contributed by atoms with E-state index in [9.17, 15) is 9.90 Å². The Morgan fingerprint density at radius 3 is 2.52 bits per heavy atom. The number of likely N-dealkylation sites (tertiary alicyclic amines) is 1. The number of nitrogens with zero attached hydrogens (tertiary/aromatic N) is 2. The summed E-state index contributed by atoms with van der Waals surface area (Å²) in [5, 5.41) is 9.32. The van der Waals surface area contributed by atoms with Crippen molar-refractivity contribution in [3.05, 3.63) is 53.3 Å². The van der Waals surface area contributed by atoms with Crippen LogP contribution in [-0.4, -0.2) is 48.3 Å². The molecule has 0 amide bonds. The molecule has 27 heavy (non-hydrogen) atoms. The molecule has 1 fully saturated rings. The Morgan fingerprint density at radius 2 is 1.93 bits per heavy atom. The molecule has 3 rings (SSSR count). The van der Waals surface area contributed by atoms with E-state index in [0.717, 1.165) is 41.3 Å². The van der Waals surface area contributed by atoms with Gasteiger partial charge in [-0.25, -0.2) is 0 Å². The normalized spacial score (nSPS) is 16.7. The van der Waals surface area contributed by atoms with E-state index in [1.807, 2.05) is 30.5 Å². The van der Waals surface area contributed by atoms with E-state index in [1.165, 1.54) is 0 Å². The zero-order valence-corrected chi connectivity index (χ0v) is 16.0. The lowest BCUT2D eigenvalue weighted by Gasteiger charge is -2.38. The summed E-state index contributed by atoms with van der Waals surface area (Å²) in [6, 6.07) is 7.87. The van der Waals surface area contributed by atoms with Crippen LogP contribution in [0.15, 0.2) is 36.7 Å².